The van der Waals surface area contributed by atoms with E-state index in [1.54, 1.807) is 0 Å². The maximum atomic E-state index is 9.55. The summed E-state index contributed by atoms with van der Waals surface area (Å²) < 4.78 is 2.75. The van der Waals surface area contributed by atoms with Crippen molar-refractivity contribution in [2.24, 2.45) is 0 Å². The minimum atomic E-state index is 0.695. The van der Waals surface area contributed by atoms with E-state index in [0.717, 1.165) is 5.69 Å². The molecule has 2 nitrogen and oxygen atoms in total. The molecule has 0 spiro atoms. The Hall–Kier alpha value is -2.83. The third-order valence-corrected chi connectivity index (χ3v) is 7.62. The monoisotopic (exact) mass is 396 g/mol. The van der Waals surface area contributed by atoms with E-state index in [2.05, 4.69) is 54.4 Å². The largest absolute Gasteiger partial charge is 0.342 e. The minimum absolute atomic E-state index is 0.695. The topological polar surface area (TPSA) is 27.0 Å². The zero-order valence-electron chi connectivity index (χ0n) is 16.7. The summed E-state index contributed by atoms with van der Waals surface area (Å²) in [6.45, 7) is 0. The van der Waals surface area contributed by atoms with Gasteiger partial charge in [-0.05, 0) is 42.5 Å². The summed E-state index contributed by atoms with van der Waals surface area (Å²) in [6.07, 6.45) is 6.72. The average molecular weight is 397 g/mol. The molecule has 0 aliphatic heterocycles. The predicted molar refractivity (Wildman–Crippen MR) is 124 cm³/mol. The van der Waals surface area contributed by atoms with Crippen LogP contribution in [0.4, 0.5) is 11.4 Å². The number of benzene rings is 3. The van der Waals surface area contributed by atoms with E-state index >= 15 is 0 Å². The number of hydrogen-bond donors (Lipinski definition) is 0. The Morgan fingerprint density at radius 2 is 1.52 bits per heavy atom. The summed E-state index contributed by atoms with van der Waals surface area (Å²) >= 11 is 1.92. The van der Waals surface area contributed by atoms with E-state index in [4.69, 9.17) is 0 Å². The lowest BCUT2D eigenvalue weighted by Crippen LogP contribution is -2.10. The smallest absolute Gasteiger partial charge is 0.101 e. The molecule has 1 fully saturated rings. The number of hydrogen-bond acceptors (Lipinski definition) is 3. The molecule has 0 saturated heterocycles. The van der Waals surface area contributed by atoms with Gasteiger partial charge in [-0.15, -0.1) is 11.3 Å². The molecule has 1 saturated carbocycles. The molecule has 1 aliphatic rings. The van der Waals surface area contributed by atoms with Crippen LogP contribution in [-0.2, 0) is 0 Å². The second-order valence-electron chi connectivity index (χ2n) is 8.00. The van der Waals surface area contributed by atoms with E-state index in [0.29, 0.717) is 11.5 Å². The highest BCUT2D eigenvalue weighted by Crippen LogP contribution is 2.45. The van der Waals surface area contributed by atoms with Crippen LogP contribution in [0.1, 0.15) is 49.1 Å². The molecule has 29 heavy (non-hydrogen) atoms. The molecular weight excluding hydrogens is 372 g/mol. The van der Waals surface area contributed by atoms with Crippen molar-refractivity contribution in [1.29, 1.82) is 5.26 Å². The fourth-order valence-corrected chi connectivity index (χ4v) is 6.26. The third-order valence-electron chi connectivity index (χ3n) is 6.33. The molecule has 1 heterocycles. The van der Waals surface area contributed by atoms with Crippen LogP contribution < -0.4 is 4.90 Å². The van der Waals surface area contributed by atoms with Crippen LogP contribution in [0.15, 0.2) is 60.7 Å². The van der Waals surface area contributed by atoms with Crippen LogP contribution in [0, 0.1) is 11.3 Å². The fourth-order valence-electron chi connectivity index (χ4n) is 4.82. The molecule has 1 aliphatic carbocycles. The van der Waals surface area contributed by atoms with Crippen LogP contribution in [0.2, 0.25) is 0 Å². The van der Waals surface area contributed by atoms with Crippen molar-refractivity contribution in [3.05, 3.63) is 71.8 Å². The molecule has 4 aromatic rings. The zero-order chi connectivity index (χ0) is 19.8. The van der Waals surface area contributed by atoms with Crippen molar-refractivity contribution in [2.45, 2.75) is 38.0 Å². The van der Waals surface area contributed by atoms with Gasteiger partial charge in [-0.25, -0.2) is 0 Å². The standard InChI is InChI=1S/C26H24N2S/c1-28(23-15-6-5-11-19(23)17-27)24-16-8-14-22-21-13-7-12-20(25(21)29-26(22)24)18-9-3-2-4-10-18/h5-8,11-16,18H,2-4,9-10H2,1H3. The van der Waals surface area contributed by atoms with Crippen LogP contribution in [-0.4, -0.2) is 7.05 Å². The van der Waals surface area contributed by atoms with Gasteiger partial charge in [0, 0.05) is 22.5 Å². The number of para-hydroxylation sites is 1. The quantitative estimate of drug-likeness (QED) is 0.354. The van der Waals surface area contributed by atoms with Gasteiger partial charge in [-0.1, -0.05) is 61.7 Å². The lowest BCUT2D eigenvalue weighted by Gasteiger charge is -2.22. The van der Waals surface area contributed by atoms with Gasteiger partial charge in [-0.3, -0.25) is 0 Å². The molecule has 1 aromatic heterocycles. The van der Waals surface area contributed by atoms with Gasteiger partial charge in [0.25, 0.3) is 0 Å². The molecule has 3 heteroatoms. The predicted octanol–water partition coefficient (Wildman–Crippen LogP) is 7.74. The number of nitriles is 1. The Balaban J connectivity index is 1.69. The molecule has 0 atom stereocenters. The van der Waals surface area contributed by atoms with Gasteiger partial charge < -0.3 is 4.90 Å². The molecule has 3 aromatic carbocycles. The second-order valence-corrected chi connectivity index (χ2v) is 9.02. The zero-order valence-corrected chi connectivity index (χ0v) is 17.5. The van der Waals surface area contributed by atoms with Crippen molar-refractivity contribution in [2.75, 3.05) is 11.9 Å². The Morgan fingerprint density at radius 1 is 0.828 bits per heavy atom. The highest BCUT2D eigenvalue weighted by Gasteiger charge is 2.21. The van der Waals surface area contributed by atoms with Crippen LogP contribution in [0.3, 0.4) is 0 Å². The fraction of sp³-hybridized carbons (Fsp3) is 0.269. The van der Waals surface area contributed by atoms with Gasteiger partial charge in [0.15, 0.2) is 0 Å². The van der Waals surface area contributed by atoms with Crippen molar-refractivity contribution >= 4 is 42.9 Å². The highest BCUT2D eigenvalue weighted by molar-refractivity contribution is 7.26. The molecule has 0 N–H and O–H groups in total. The molecule has 0 amide bonds. The Bertz CT molecular complexity index is 1220. The van der Waals surface area contributed by atoms with Gasteiger partial charge in [0.1, 0.15) is 6.07 Å². The first-order valence-corrected chi connectivity index (χ1v) is 11.3. The summed E-state index contributed by atoms with van der Waals surface area (Å²) in [6, 6.07) is 23.6. The first-order chi connectivity index (χ1) is 14.3. The van der Waals surface area contributed by atoms with Crippen molar-refractivity contribution < 1.29 is 0 Å². The number of nitrogens with zero attached hydrogens (tertiary/aromatic N) is 2. The first kappa shape index (κ1) is 18.2. The molecular formula is C26H24N2S. The van der Waals surface area contributed by atoms with Crippen LogP contribution in [0.25, 0.3) is 20.2 Å². The molecule has 0 bridgehead atoms. The van der Waals surface area contributed by atoms with Gasteiger partial charge >= 0.3 is 0 Å². The summed E-state index contributed by atoms with van der Waals surface area (Å²) in [5.41, 5.74) is 4.36. The molecule has 144 valence electrons. The summed E-state index contributed by atoms with van der Waals surface area (Å²) in [4.78, 5) is 2.16. The average Bonchev–Trinajstić information content (AvgIpc) is 3.18. The van der Waals surface area contributed by atoms with Gasteiger partial charge in [0.2, 0.25) is 0 Å². The third kappa shape index (κ3) is 3.09. The number of rotatable bonds is 3. The van der Waals surface area contributed by atoms with E-state index in [1.807, 2.05) is 35.6 Å². The molecule has 5 rings (SSSR count). The van der Waals surface area contributed by atoms with Crippen LogP contribution in [0.5, 0.6) is 0 Å². The Labute approximate surface area is 176 Å². The normalized spacial score (nSPS) is 14.9. The lowest BCUT2D eigenvalue weighted by atomic mass is 9.84. The SMILES string of the molecule is CN(c1ccccc1C#N)c1cccc2c1sc1c(C3CCCCC3)cccc12. The maximum Gasteiger partial charge on any atom is 0.101 e. The summed E-state index contributed by atoms with van der Waals surface area (Å²) in [7, 11) is 2.07. The van der Waals surface area contributed by atoms with Gasteiger partial charge in [-0.2, -0.15) is 5.26 Å². The summed E-state index contributed by atoms with van der Waals surface area (Å²) in [5, 5.41) is 12.2. The Kier molecular flexibility index (Phi) is 4.73. The highest BCUT2D eigenvalue weighted by atomic mass is 32.1. The Morgan fingerprint density at radius 3 is 2.31 bits per heavy atom. The summed E-state index contributed by atoms with van der Waals surface area (Å²) in [5.74, 6) is 0.695. The van der Waals surface area contributed by atoms with Crippen molar-refractivity contribution in [3.8, 4) is 6.07 Å². The van der Waals surface area contributed by atoms with E-state index in [-0.39, 0.29) is 0 Å². The second kappa shape index (κ2) is 7.54. The maximum absolute atomic E-state index is 9.55. The van der Waals surface area contributed by atoms with Crippen LogP contribution >= 0.6 is 11.3 Å². The molecule has 0 radical (unpaired) electrons. The number of anilines is 2. The van der Waals surface area contributed by atoms with Gasteiger partial charge in [0.05, 0.1) is 21.6 Å². The minimum Gasteiger partial charge on any atom is -0.342 e. The van der Waals surface area contributed by atoms with E-state index in [1.165, 1.54) is 63.5 Å². The van der Waals surface area contributed by atoms with Crippen molar-refractivity contribution in [3.63, 3.8) is 0 Å². The lowest BCUT2D eigenvalue weighted by molar-refractivity contribution is 0.446. The molecule has 0 unspecified atom stereocenters. The van der Waals surface area contributed by atoms with E-state index < -0.39 is 0 Å². The van der Waals surface area contributed by atoms with E-state index in [9.17, 15) is 5.26 Å². The van der Waals surface area contributed by atoms with Crippen molar-refractivity contribution in [1.82, 2.24) is 0 Å². The first-order valence-electron chi connectivity index (χ1n) is 10.4. The number of fused-ring (bicyclic) bond motifs is 3. The number of thiophene rings is 1.